The summed E-state index contributed by atoms with van der Waals surface area (Å²) in [4.78, 5) is 0. The molecule has 0 radical (unpaired) electrons. The van der Waals surface area contributed by atoms with Crippen LogP contribution in [-0.4, -0.2) is 0 Å². The van der Waals surface area contributed by atoms with Crippen molar-refractivity contribution in [3.63, 3.8) is 0 Å². The van der Waals surface area contributed by atoms with Crippen molar-refractivity contribution in [3.8, 4) is 0 Å². The minimum absolute atomic E-state index is 0.749. The van der Waals surface area contributed by atoms with E-state index in [1.54, 1.807) is 18.2 Å². The summed E-state index contributed by atoms with van der Waals surface area (Å²) in [6, 6.07) is 10.1. The van der Waals surface area contributed by atoms with Gasteiger partial charge in [-0.1, -0.05) is 96.0 Å². The molecule has 2 rings (SSSR count). The normalized spacial score (nSPS) is 9.79. The molecule has 0 spiro atoms. The molecule has 0 atom stereocenters. The molecule has 0 aliphatic heterocycles. The van der Waals surface area contributed by atoms with Crippen molar-refractivity contribution < 1.29 is 4.42 Å². The molecule has 1 aromatic carbocycles. The van der Waals surface area contributed by atoms with E-state index < -0.39 is 0 Å². The van der Waals surface area contributed by atoms with Gasteiger partial charge in [-0.25, -0.2) is 0 Å². The second-order valence-electron chi connectivity index (χ2n) is 4.42. The molecule has 0 amide bonds. The summed E-state index contributed by atoms with van der Waals surface area (Å²) in [5.74, 6) is 1.58. The molecular weight excluding hydrogens is 292 g/mol. The average Bonchev–Trinajstić information content (AvgIpc) is 2.99. The Labute approximate surface area is 147 Å². The fourth-order valence-electron chi connectivity index (χ4n) is 2.25. The minimum atomic E-state index is 0.749. The van der Waals surface area contributed by atoms with Gasteiger partial charge >= 0.3 is 0 Å². The third-order valence-electron chi connectivity index (χ3n) is 3.23. The first kappa shape index (κ1) is 21.5. The van der Waals surface area contributed by atoms with Gasteiger partial charge in [0, 0.05) is 16.7 Å². The van der Waals surface area contributed by atoms with E-state index >= 15 is 0 Å². The number of rotatable bonds is 5. The first-order valence-electron chi connectivity index (χ1n) is 8.49. The van der Waals surface area contributed by atoms with E-state index in [2.05, 4.69) is 31.9 Å². The van der Waals surface area contributed by atoms with Gasteiger partial charge in [-0.2, -0.15) is 0 Å². The number of hydrogen-bond donors (Lipinski definition) is 0. The molecule has 1 heteroatoms. The van der Waals surface area contributed by atoms with E-state index in [1.807, 2.05) is 58.9 Å². The quantitative estimate of drug-likeness (QED) is 0.518. The lowest BCUT2D eigenvalue weighted by atomic mass is 9.99. The maximum absolute atomic E-state index is 5.95. The molecule has 0 saturated carbocycles. The fraction of sp³-hybridized carbons (Fsp3) is 0.217. The van der Waals surface area contributed by atoms with Gasteiger partial charge in [0.25, 0.3) is 0 Å². The molecule has 0 bridgehead atoms. The molecule has 24 heavy (non-hydrogen) atoms. The Balaban J connectivity index is 0.00000123. The van der Waals surface area contributed by atoms with Crippen molar-refractivity contribution in [1.82, 2.24) is 0 Å². The predicted octanol–water partition coefficient (Wildman–Crippen LogP) is 7.54. The lowest BCUT2D eigenvalue weighted by molar-refractivity contribution is 0.541. The molecular formula is C23H30O. The Morgan fingerprint density at radius 2 is 1.50 bits per heavy atom. The number of hydrogen-bond acceptors (Lipinski definition) is 1. The minimum Gasteiger partial charge on any atom is -0.456 e. The SMILES string of the molecule is C=C/C=C(/c1ccccc1)c1oc(C=C)c(C=C)c1C.CC.CC. The molecule has 0 fully saturated rings. The number of furan rings is 1. The summed E-state index contributed by atoms with van der Waals surface area (Å²) in [6.07, 6.45) is 7.24. The van der Waals surface area contributed by atoms with Crippen LogP contribution in [0.5, 0.6) is 0 Å². The van der Waals surface area contributed by atoms with Gasteiger partial charge in [-0.15, -0.1) is 0 Å². The van der Waals surface area contributed by atoms with Crippen LogP contribution in [0.1, 0.15) is 55.9 Å². The topological polar surface area (TPSA) is 13.1 Å². The first-order valence-corrected chi connectivity index (χ1v) is 8.49. The highest BCUT2D eigenvalue weighted by molar-refractivity contribution is 5.82. The highest BCUT2D eigenvalue weighted by Gasteiger charge is 2.17. The molecule has 0 aliphatic rings. The van der Waals surface area contributed by atoms with Crippen molar-refractivity contribution in [2.75, 3.05) is 0 Å². The van der Waals surface area contributed by atoms with Crippen molar-refractivity contribution in [2.45, 2.75) is 34.6 Å². The Kier molecular flexibility index (Phi) is 10.7. The van der Waals surface area contributed by atoms with Crippen molar-refractivity contribution in [2.24, 2.45) is 0 Å². The molecule has 0 unspecified atom stereocenters. The lowest BCUT2D eigenvalue weighted by Crippen LogP contribution is -1.88. The number of allylic oxidation sites excluding steroid dienone is 2. The van der Waals surface area contributed by atoms with Gasteiger partial charge in [0.15, 0.2) is 0 Å². The summed E-state index contributed by atoms with van der Waals surface area (Å²) in [5, 5.41) is 0. The van der Waals surface area contributed by atoms with Crippen LogP contribution >= 0.6 is 0 Å². The van der Waals surface area contributed by atoms with Crippen LogP contribution in [0, 0.1) is 6.92 Å². The maximum atomic E-state index is 5.95. The van der Waals surface area contributed by atoms with E-state index in [-0.39, 0.29) is 0 Å². The van der Waals surface area contributed by atoms with Gasteiger partial charge in [0.05, 0.1) is 0 Å². The highest BCUT2D eigenvalue weighted by Crippen LogP contribution is 2.33. The molecule has 2 aromatic rings. The standard InChI is InChI=1S/C19H18O.2C2H6/c1-5-11-17(15-12-9-8-10-13-15)19-14(4)16(6-2)18(7-3)20-19;2*1-2/h5-13H,1-3H2,4H3;2*1-2H3/b17-11-;;. The van der Waals surface area contributed by atoms with Crippen LogP contribution in [0.15, 0.2) is 66.6 Å². The van der Waals surface area contributed by atoms with E-state index in [4.69, 9.17) is 4.42 Å². The molecule has 0 saturated heterocycles. The maximum Gasteiger partial charge on any atom is 0.138 e. The summed E-state index contributed by atoms with van der Waals surface area (Å²) >= 11 is 0. The van der Waals surface area contributed by atoms with Gasteiger partial charge in [0.1, 0.15) is 11.5 Å². The highest BCUT2D eigenvalue weighted by atomic mass is 16.3. The zero-order valence-electron chi connectivity index (χ0n) is 15.7. The number of benzene rings is 1. The van der Waals surface area contributed by atoms with E-state index in [9.17, 15) is 0 Å². The zero-order valence-corrected chi connectivity index (χ0v) is 15.7. The monoisotopic (exact) mass is 322 g/mol. The molecule has 1 heterocycles. The summed E-state index contributed by atoms with van der Waals surface area (Å²) in [6.45, 7) is 21.5. The van der Waals surface area contributed by atoms with Crippen molar-refractivity contribution in [1.29, 1.82) is 0 Å². The van der Waals surface area contributed by atoms with Crippen LogP contribution < -0.4 is 0 Å². The molecule has 1 aromatic heterocycles. The van der Waals surface area contributed by atoms with Crippen molar-refractivity contribution in [3.05, 3.63) is 90.4 Å². The largest absolute Gasteiger partial charge is 0.456 e. The van der Waals surface area contributed by atoms with E-state index in [0.717, 1.165) is 33.8 Å². The smallest absolute Gasteiger partial charge is 0.138 e. The second kappa shape index (κ2) is 12.0. The molecule has 128 valence electrons. The Bertz CT molecular complexity index is 670. The molecule has 1 nitrogen and oxygen atoms in total. The molecule has 0 aliphatic carbocycles. The average molecular weight is 322 g/mol. The predicted molar refractivity (Wildman–Crippen MR) is 110 cm³/mol. The summed E-state index contributed by atoms with van der Waals surface area (Å²) in [7, 11) is 0. The van der Waals surface area contributed by atoms with Gasteiger partial charge in [-0.05, 0) is 18.6 Å². The second-order valence-corrected chi connectivity index (χ2v) is 4.42. The Hall–Kier alpha value is -2.54. The molecule has 0 N–H and O–H groups in total. The van der Waals surface area contributed by atoms with Crippen molar-refractivity contribution >= 4 is 17.7 Å². The van der Waals surface area contributed by atoms with Crippen LogP contribution in [0.25, 0.3) is 17.7 Å². The van der Waals surface area contributed by atoms with Crippen LogP contribution in [0.2, 0.25) is 0 Å². The first-order chi connectivity index (χ1) is 11.7. The fourth-order valence-corrected chi connectivity index (χ4v) is 2.25. The van der Waals surface area contributed by atoms with Gasteiger partial charge in [-0.3, -0.25) is 0 Å². The Morgan fingerprint density at radius 3 is 1.92 bits per heavy atom. The van der Waals surface area contributed by atoms with Gasteiger partial charge < -0.3 is 4.42 Å². The summed E-state index contributed by atoms with van der Waals surface area (Å²) < 4.78 is 5.95. The third kappa shape index (κ3) is 4.99. The van der Waals surface area contributed by atoms with E-state index in [0.29, 0.717) is 0 Å². The third-order valence-corrected chi connectivity index (χ3v) is 3.23. The Morgan fingerprint density at radius 1 is 0.917 bits per heavy atom. The summed E-state index contributed by atoms with van der Waals surface area (Å²) in [5.41, 5.74) is 4.15. The van der Waals surface area contributed by atoms with Crippen LogP contribution in [-0.2, 0) is 0 Å². The lowest BCUT2D eigenvalue weighted by Gasteiger charge is -2.05. The van der Waals surface area contributed by atoms with Crippen LogP contribution in [0.4, 0.5) is 0 Å². The van der Waals surface area contributed by atoms with E-state index in [1.165, 1.54) is 0 Å². The van der Waals surface area contributed by atoms with Crippen LogP contribution in [0.3, 0.4) is 0 Å². The van der Waals surface area contributed by atoms with Gasteiger partial charge in [0.2, 0.25) is 0 Å². The zero-order chi connectivity index (χ0) is 18.5.